The Labute approximate surface area is 173 Å². The van der Waals surface area contributed by atoms with Crippen molar-refractivity contribution in [3.05, 3.63) is 64.1 Å². The number of anilines is 1. The maximum atomic E-state index is 13.3. The molecule has 1 aliphatic rings. The van der Waals surface area contributed by atoms with Gasteiger partial charge in [0.05, 0.1) is 19.2 Å². The third-order valence-corrected chi connectivity index (χ3v) is 5.33. The first-order valence-corrected chi connectivity index (χ1v) is 9.95. The van der Waals surface area contributed by atoms with Gasteiger partial charge >= 0.3 is 12.0 Å². The predicted molar refractivity (Wildman–Crippen MR) is 113 cm³/mol. The Bertz CT molecular complexity index is 833. The van der Waals surface area contributed by atoms with E-state index in [1.54, 1.807) is 17.0 Å². The zero-order valence-electron chi connectivity index (χ0n) is 16.1. The molecule has 6 nitrogen and oxygen atoms in total. The summed E-state index contributed by atoms with van der Waals surface area (Å²) in [6, 6.07) is 14.9. The Kier molecular flexibility index (Phi) is 6.70. The summed E-state index contributed by atoms with van der Waals surface area (Å²) < 4.78 is 5.67. The third-order valence-electron chi connectivity index (χ3n) is 4.84. The summed E-state index contributed by atoms with van der Waals surface area (Å²) in [5, 5.41) is 0. The molecule has 1 aliphatic heterocycles. The maximum absolute atomic E-state index is 13.3. The molecule has 2 aromatic carbocycles. The van der Waals surface area contributed by atoms with E-state index in [0.29, 0.717) is 25.2 Å². The summed E-state index contributed by atoms with van der Waals surface area (Å²) in [5.41, 5.74) is 2.26. The quantitative estimate of drug-likeness (QED) is 0.674. The van der Waals surface area contributed by atoms with Crippen LogP contribution < -0.4 is 4.90 Å². The molecule has 2 amide bonds. The van der Waals surface area contributed by atoms with Crippen LogP contribution in [0.5, 0.6) is 0 Å². The van der Waals surface area contributed by atoms with Gasteiger partial charge in [0.15, 0.2) is 0 Å². The van der Waals surface area contributed by atoms with Gasteiger partial charge in [0.25, 0.3) is 0 Å². The second-order valence-electron chi connectivity index (χ2n) is 6.83. The van der Waals surface area contributed by atoms with Gasteiger partial charge in [-0.15, -0.1) is 0 Å². The number of piperazine rings is 1. The largest absolute Gasteiger partial charge is 0.465 e. The van der Waals surface area contributed by atoms with E-state index in [1.807, 2.05) is 41.3 Å². The Morgan fingerprint density at radius 3 is 2.36 bits per heavy atom. The second-order valence-corrected chi connectivity index (χ2v) is 7.74. The minimum atomic E-state index is -0.371. The molecular formula is C21H24BrN3O3. The number of amides is 2. The van der Waals surface area contributed by atoms with Gasteiger partial charge in [0.2, 0.25) is 0 Å². The van der Waals surface area contributed by atoms with Crippen LogP contribution in [0.25, 0.3) is 0 Å². The lowest BCUT2D eigenvalue weighted by atomic mass is 10.1. The molecule has 0 spiro atoms. The third kappa shape index (κ3) is 4.91. The van der Waals surface area contributed by atoms with Crippen molar-refractivity contribution in [1.82, 2.24) is 9.80 Å². The predicted octanol–water partition coefficient (Wildman–Crippen LogP) is 3.61. The second kappa shape index (κ2) is 9.21. The van der Waals surface area contributed by atoms with Crippen molar-refractivity contribution in [3.63, 3.8) is 0 Å². The van der Waals surface area contributed by atoms with Gasteiger partial charge in [-0.05, 0) is 42.9 Å². The van der Waals surface area contributed by atoms with Gasteiger partial charge < -0.3 is 14.5 Å². The van der Waals surface area contributed by atoms with E-state index in [4.69, 9.17) is 4.74 Å². The van der Waals surface area contributed by atoms with E-state index in [0.717, 1.165) is 28.8 Å². The van der Waals surface area contributed by atoms with Crippen LogP contribution in [0.2, 0.25) is 0 Å². The zero-order valence-corrected chi connectivity index (χ0v) is 17.7. The number of urea groups is 1. The van der Waals surface area contributed by atoms with Gasteiger partial charge in [-0.2, -0.15) is 0 Å². The van der Waals surface area contributed by atoms with Crippen LogP contribution in [-0.2, 0) is 11.3 Å². The Hall–Kier alpha value is -2.38. The van der Waals surface area contributed by atoms with E-state index >= 15 is 0 Å². The molecule has 0 unspecified atom stereocenters. The first-order valence-electron chi connectivity index (χ1n) is 9.16. The van der Waals surface area contributed by atoms with Crippen LogP contribution in [0.4, 0.5) is 10.5 Å². The van der Waals surface area contributed by atoms with Crippen molar-refractivity contribution in [3.8, 4) is 0 Å². The number of nitrogens with zero attached hydrogens (tertiary/aromatic N) is 3. The first-order chi connectivity index (χ1) is 13.5. The van der Waals surface area contributed by atoms with Crippen LogP contribution in [0.3, 0.4) is 0 Å². The normalized spacial score (nSPS) is 14.6. The van der Waals surface area contributed by atoms with E-state index in [2.05, 4.69) is 27.9 Å². The molecule has 1 heterocycles. The van der Waals surface area contributed by atoms with Crippen molar-refractivity contribution >= 4 is 33.6 Å². The summed E-state index contributed by atoms with van der Waals surface area (Å²) in [4.78, 5) is 30.8. The fourth-order valence-corrected chi connectivity index (χ4v) is 3.52. The number of rotatable bonds is 4. The number of hydrogen-bond acceptors (Lipinski definition) is 4. The molecule has 2 aromatic rings. The van der Waals surface area contributed by atoms with Gasteiger partial charge in [-0.25, -0.2) is 9.59 Å². The molecule has 3 rings (SSSR count). The fourth-order valence-electron chi connectivity index (χ4n) is 3.13. The number of ether oxygens (including phenoxy) is 1. The molecule has 0 N–H and O–H groups in total. The molecule has 0 bridgehead atoms. The number of methoxy groups -OCH3 is 1. The lowest BCUT2D eigenvalue weighted by Gasteiger charge is -2.36. The maximum Gasteiger partial charge on any atom is 0.337 e. The van der Waals surface area contributed by atoms with E-state index in [-0.39, 0.29) is 12.0 Å². The van der Waals surface area contributed by atoms with Crippen LogP contribution in [-0.4, -0.2) is 62.1 Å². The van der Waals surface area contributed by atoms with Crippen molar-refractivity contribution in [2.75, 3.05) is 45.2 Å². The molecular weight excluding hydrogens is 422 g/mol. The van der Waals surface area contributed by atoms with Crippen LogP contribution in [0.1, 0.15) is 15.9 Å². The van der Waals surface area contributed by atoms with Gasteiger partial charge in [0, 0.05) is 36.3 Å². The van der Waals surface area contributed by atoms with E-state index < -0.39 is 0 Å². The lowest BCUT2D eigenvalue weighted by Crippen LogP contribution is -2.51. The molecule has 7 heteroatoms. The van der Waals surface area contributed by atoms with Crippen molar-refractivity contribution in [1.29, 1.82) is 0 Å². The number of halogens is 1. The molecule has 1 fully saturated rings. The molecule has 0 aromatic heterocycles. The SMILES string of the molecule is COC(=O)c1ccc(CN(C(=O)N2CCN(C)CC2)c2cccc(Br)c2)cc1. The van der Waals surface area contributed by atoms with Gasteiger partial charge in [-0.1, -0.05) is 34.1 Å². The minimum absolute atomic E-state index is 0.0109. The zero-order chi connectivity index (χ0) is 20.1. The molecule has 0 atom stereocenters. The Morgan fingerprint density at radius 1 is 1.07 bits per heavy atom. The van der Waals surface area contributed by atoms with Crippen LogP contribution >= 0.6 is 15.9 Å². The molecule has 0 saturated carbocycles. The summed E-state index contributed by atoms with van der Waals surface area (Å²) in [6.45, 7) is 3.57. The Balaban J connectivity index is 1.84. The highest BCUT2D eigenvalue weighted by Crippen LogP contribution is 2.24. The number of carbonyl (C=O) groups excluding carboxylic acids is 2. The summed E-state index contributed by atoms with van der Waals surface area (Å²) in [5.74, 6) is -0.371. The summed E-state index contributed by atoms with van der Waals surface area (Å²) in [6.07, 6.45) is 0. The van der Waals surface area contributed by atoms with Crippen LogP contribution in [0, 0.1) is 0 Å². The molecule has 0 radical (unpaired) electrons. The summed E-state index contributed by atoms with van der Waals surface area (Å²) >= 11 is 3.49. The highest BCUT2D eigenvalue weighted by atomic mass is 79.9. The number of benzene rings is 2. The van der Waals surface area contributed by atoms with Gasteiger partial charge in [-0.3, -0.25) is 4.90 Å². The van der Waals surface area contributed by atoms with E-state index in [1.165, 1.54) is 7.11 Å². The summed E-state index contributed by atoms with van der Waals surface area (Å²) in [7, 11) is 3.43. The number of esters is 1. The number of carbonyl (C=O) groups is 2. The smallest absolute Gasteiger partial charge is 0.337 e. The van der Waals surface area contributed by atoms with Crippen molar-refractivity contribution < 1.29 is 14.3 Å². The van der Waals surface area contributed by atoms with Crippen LogP contribution in [0.15, 0.2) is 53.0 Å². The monoisotopic (exact) mass is 445 g/mol. The highest BCUT2D eigenvalue weighted by molar-refractivity contribution is 9.10. The number of likely N-dealkylation sites (N-methyl/N-ethyl adjacent to an activating group) is 1. The molecule has 148 valence electrons. The van der Waals surface area contributed by atoms with Crippen molar-refractivity contribution in [2.45, 2.75) is 6.54 Å². The molecule has 0 aliphatic carbocycles. The van der Waals surface area contributed by atoms with Crippen molar-refractivity contribution in [2.24, 2.45) is 0 Å². The van der Waals surface area contributed by atoms with E-state index in [9.17, 15) is 9.59 Å². The topological polar surface area (TPSA) is 53.1 Å². The average molecular weight is 446 g/mol. The van der Waals surface area contributed by atoms with Gasteiger partial charge in [0.1, 0.15) is 0 Å². The molecule has 1 saturated heterocycles. The standard InChI is InChI=1S/C21H24BrN3O3/c1-23-10-12-24(13-11-23)21(27)25(19-5-3-4-18(22)14-19)15-16-6-8-17(9-7-16)20(26)28-2/h3-9,14H,10-13,15H2,1-2H3. The average Bonchev–Trinajstić information content (AvgIpc) is 2.72. The minimum Gasteiger partial charge on any atom is -0.465 e. The highest BCUT2D eigenvalue weighted by Gasteiger charge is 2.25. The lowest BCUT2D eigenvalue weighted by molar-refractivity contribution is 0.0600. The molecule has 28 heavy (non-hydrogen) atoms. The Morgan fingerprint density at radius 2 is 1.75 bits per heavy atom. The fraction of sp³-hybridized carbons (Fsp3) is 0.333. The first kappa shape index (κ1) is 20.4. The number of hydrogen-bond donors (Lipinski definition) is 0.